The van der Waals surface area contributed by atoms with Crippen LogP contribution in [-0.2, 0) is 21.2 Å². The SMILES string of the molecule is CCS(=O)(=O)Nc1ccc(-c2cc(NC(=O)C3CC3)nc3c2C=CCCC3)c(C)c1. The van der Waals surface area contributed by atoms with Crippen LogP contribution in [0.1, 0.15) is 49.4 Å². The Bertz CT molecular complexity index is 1120. The first-order chi connectivity index (χ1) is 14.4. The highest BCUT2D eigenvalue weighted by Crippen LogP contribution is 2.36. The first-order valence-corrected chi connectivity index (χ1v) is 12.1. The molecule has 1 fully saturated rings. The predicted molar refractivity (Wildman–Crippen MR) is 121 cm³/mol. The lowest BCUT2D eigenvalue weighted by atomic mass is 9.94. The number of carbonyl (C=O) groups excluding carboxylic acids is 1. The van der Waals surface area contributed by atoms with Gasteiger partial charge in [0, 0.05) is 17.2 Å². The zero-order valence-corrected chi connectivity index (χ0v) is 18.2. The van der Waals surface area contributed by atoms with Crippen molar-refractivity contribution >= 4 is 33.5 Å². The number of hydrogen-bond acceptors (Lipinski definition) is 4. The highest BCUT2D eigenvalue weighted by Gasteiger charge is 2.30. The van der Waals surface area contributed by atoms with Crippen LogP contribution < -0.4 is 10.0 Å². The van der Waals surface area contributed by atoms with Crippen LogP contribution in [0.5, 0.6) is 0 Å². The minimum Gasteiger partial charge on any atom is -0.310 e. The molecule has 1 saturated carbocycles. The van der Waals surface area contributed by atoms with Crippen molar-refractivity contribution in [1.29, 1.82) is 0 Å². The molecule has 0 bridgehead atoms. The lowest BCUT2D eigenvalue weighted by Gasteiger charge is -2.16. The molecule has 0 radical (unpaired) electrons. The molecule has 2 aromatic rings. The lowest BCUT2D eigenvalue weighted by Crippen LogP contribution is -2.15. The number of anilines is 2. The summed E-state index contributed by atoms with van der Waals surface area (Å²) in [4.78, 5) is 17.0. The Morgan fingerprint density at radius 2 is 2.00 bits per heavy atom. The number of amides is 1. The molecule has 0 aliphatic heterocycles. The highest BCUT2D eigenvalue weighted by atomic mass is 32.2. The Hall–Kier alpha value is -2.67. The summed E-state index contributed by atoms with van der Waals surface area (Å²) in [7, 11) is -3.33. The van der Waals surface area contributed by atoms with E-state index in [-0.39, 0.29) is 17.6 Å². The van der Waals surface area contributed by atoms with E-state index in [4.69, 9.17) is 4.98 Å². The van der Waals surface area contributed by atoms with Crippen molar-refractivity contribution in [2.45, 2.75) is 46.0 Å². The molecular weight excluding hydrogens is 398 g/mol. The van der Waals surface area contributed by atoms with E-state index in [0.717, 1.165) is 60.1 Å². The van der Waals surface area contributed by atoms with Crippen molar-refractivity contribution in [2.24, 2.45) is 5.92 Å². The number of fused-ring (bicyclic) bond motifs is 1. The fraction of sp³-hybridized carbons (Fsp3) is 0.391. The Labute approximate surface area is 177 Å². The van der Waals surface area contributed by atoms with E-state index >= 15 is 0 Å². The molecule has 158 valence electrons. The molecular formula is C23H27N3O3S. The van der Waals surface area contributed by atoms with Crippen LogP contribution in [0.3, 0.4) is 0 Å². The van der Waals surface area contributed by atoms with Gasteiger partial charge in [-0.2, -0.15) is 0 Å². The first kappa shape index (κ1) is 20.6. The number of nitrogens with zero attached hydrogens (tertiary/aromatic N) is 1. The van der Waals surface area contributed by atoms with E-state index in [1.54, 1.807) is 13.0 Å². The van der Waals surface area contributed by atoms with Gasteiger partial charge in [-0.3, -0.25) is 9.52 Å². The van der Waals surface area contributed by atoms with E-state index in [9.17, 15) is 13.2 Å². The van der Waals surface area contributed by atoms with Crippen molar-refractivity contribution in [3.8, 4) is 11.1 Å². The Morgan fingerprint density at radius 3 is 2.70 bits per heavy atom. The number of hydrogen-bond donors (Lipinski definition) is 2. The summed E-state index contributed by atoms with van der Waals surface area (Å²) >= 11 is 0. The molecule has 0 saturated heterocycles. The van der Waals surface area contributed by atoms with Gasteiger partial charge < -0.3 is 5.32 Å². The quantitative estimate of drug-likeness (QED) is 0.712. The Kier molecular flexibility index (Phi) is 5.64. The number of aryl methyl sites for hydroxylation is 2. The van der Waals surface area contributed by atoms with E-state index in [0.29, 0.717) is 11.5 Å². The molecule has 1 amide bonds. The number of aromatic nitrogens is 1. The van der Waals surface area contributed by atoms with Crippen LogP contribution in [0.25, 0.3) is 17.2 Å². The van der Waals surface area contributed by atoms with Gasteiger partial charge in [0.2, 0.25) is 15.9 Å². The van der Waals surface area contributed by atoms with E-state index in [2.05, 4.69) is 22.2 Å². The molecule has 0 atom stereocenters. The summed E-state index contributed by atoms with van der Waals surface area (Å²) in [5.74, 6) is 0.770. The van der Waals surface area contributed by atoms with Crippen molar-refractivity contribution in [3.63, 3.8) is 0 Å². The molecule has 2 N–H and O–H groups in total. The molecule has 2 aliphatic carbocycles. The van der Waals surface area contributed by atoms with Gasteiger partial charge in [0.15, 0.2) is 0 Å². The number of sulfonamides is 1. The zero-order chi connectivity index (χ0) is 21.3. The summed E-state index contributed by atoms with van der Waals surface area (Å²) in [6.07, 6.45) is 9.04. The maximum absolute atomic E-state index is 12.3. The minimum absolute atomic E-state index is 0.0283. The van der Waals surface area contributed by atoms with Gasteiger partial charge in [-0.05, 0) is 80.8 Å². The zero-order valence-electron chi connectivity index (χ0n) is 17.4. The molecule has 7 heteroatoms. The lowest BCUT2D eigenvalue weighted by molar-refractivity contribution is -0.117. The second-order valence-corrected chi connectivity index (χ2v) is 10.0. The fourth-order valence-corrected chi connectivity index (χ4v) is 4.35. The monoisotopic (exact) mass is 425 g/mol. The summed E-state index contributed by atoms with van der Waals surface area (Å²) in [5.41, 5.74) is 5.57. The molecule has 1 aromatic carbocycles. The summed E-state index contributed by atoms with van der Waals surface area (Å²) in [6.45, 7) is 3.58. The fourth-order valence-electron chi connectivity index (χ4n) is 3.71. The van der Waals surface area contributed by atoms with E-state index < -0.39 is 10.0 Å². The van der Waals surface area contributed by atoms with Gasteiger partial charge in [-0.25, -0.2) is 13.4 Å². The van der Waals surface area contributed by atoms with Crippen LogP contribution in [-0.4, -0.2) is 25.1 Å². The molecule has 30 heavy (non-hydrogen) atoms. The maximum Gasteiger partial charge on any atom is 0.232 e. The number of benzene rings is 1. The average molecular weight is 426 g/mol. The van der Waals surface area contributed by atoms with Gasteiger partial charge >= 0.3 is 0 Å². The highest BCUT2D eigenvalue weighted by molar-refractivity contribution is 7.92. The first-order valence-electron chi connectivity index (χ1n) is 10.5. The van der Waals surface area contributed by atoms with Crippen molar-refractivity contribution in [1.82, 2.24) is 4.98 Å². The van der Waals surface area contributed by atoms with Gasteiger partial charge in [-0.1, -0.05) is 18.2 Å². The maximum atomic E-state index is 12.3. The molecule has 1 aromatic heterocycles. The van der Waals surface area contributed by atoms with Crippen LogP contribution >= 0.6 is 0 Å². The van der Waals surface area contributed by atoms with Gasteiger partial charge in [0.1, 0.15) is 5.82 Å². The van der Waals surface area contributed by atoms with Crippen molar-refractivity contribution in [2.75, 3.05) is 15.8 Å². The van der Waals surface area contributed by atoms with E-state index in [1.807, 2.05) is 25.1 Å². The van der Waals surface area contributed by atoms with Crippen molar-refractivity contribution < 1.29 is 13.2 Å². The van der Waals surface area contributed by atoms with Gasteiger partial charge in [0.05, 0.1) is 11.4 Å². The minimum atomic E-state index is -3.33. The normalized spacial score (nSPS) is 15.9. The number of carbonyl (C=O) groups is 1. The molecule has 0 unspecified atom stereocenters. The average Bonchev–Trinajstić information content (AvgIpc) is 3.54. The van der Waals surface area contributed by atoms with Gasteiger partial charge in [0.25, 0.3) is 0 Å². The van der Waals surface area contributed by atoms with Gasteiger partial charge in [-0.15, -0.1) is 0 Å². The summed E-state index contributed by atoms with van der Waals surface area (Å²) in [5, 5.41) is 2.99. The van der Waals surface area contributed by atoms with Crippen LogP contribution in [0.4, 0.5) is 11.5 Å². The summed E-state index contributed by atoms with van der Waals surface area (Å²) in [6, 6.07) is 7.50. The Balaban J connectivity index is 1.75. The molecule has 2 aliphatic rings. The van der Waals surface area contributed by atoms with E-state index in [1.165, 1.54) is 0 Å². The smallest absolute Gasteiger partial charge is 0.232 e. The van der Waals surface area contributed by atoms with Crippen molar-refractivity contribution in [3.05, 3.63) is 47.2 Å². The number of nitrogens with one attached hydrogen (secondary N) is 2. The Morgan fingerprint density at radius 1 is 1.20 bits per heavy atom. The number of rotatable bonds is 6. The number of pyridine rings is 1. The predicted octanol–water partition coefficient (Wildman–Crippen LogP) is 4.52. The molecule has 1 heterocycles. The van der Waals surface area contributed by atoms with Crippen LogP contribution in [0, 0.1) is 12.8 Å². The summed E-state index contributed by atoms with van der Waals surface area (Å²) < 4.78 is 26.4. The largest absolute Gasteiger partial charge is 0.310 e. The standard InChI is InChI=1S/C23H27N3O3S/c1-3-30(28,29)26-17-11-12-18(15(2)13-17)20-14-22(25-23(27)16-9-10-16)24-21-8-6-4-5-7-19(20)21/h5,7,11-14,16,26H,3-4,6,8-10H2,1-2H3,(H,24,25,27). The second-order valence-electron chi connectivity index (χ2n) is 8.01. The topological polar surface area (TPSA) is 88.2 Å². The number of allylic oxidation sites excluding steroid dienone is 1. The third-order valence-corrected chi connectivity index (χ3v) is 6.88. The molecule has 0 spiro atoms. The van der Waals surface area contributed by atoms with Crippen LogP contribution in [0.15, 0.2) is 30.3 Å². The second kappa shape index (κ2) is 8.22. The molecule has 4 rings (SSSR count). The third-order valence-electron chi connectivity index (χ3n) is 5.58. The third kappa shape index (κ3) is 4.56. The molecule has 6 nitrogen and oxygen atoms in total. The van der Waals surface area contributed by atoms with Crippen LogP contribution in [0.2, 0.25) is 0 Å².